The fraction of sp³-hybridized carbons (Fsp3) is 0.200. The van der Waals surface area contributed by atoms with Gasteiger partial charge in [0.05, 0.1) is 11.0 Å². The zero-order valence-corrected chi connectivity index (χ0v) is 15.3. The maximum atomic E-state index is 12.7. The first kappa shape index (κ1) is 17.8. The van der Waals surface area contributed by atoms with E-state index in [1.165, 1.54) is 0 Å². The van der Waals surface area contributed by atoms with Crippen LogP contribution in [0.5, 0.6) is 11.5 Å². The molecule has 27 heavy (non-hydrogen) atoms. The minimum absolute atomic E-state index is 0.112. The van der Waals surface area contributed by atoms with Gasteiger partial charge in [-0.2, -0.15) is 0 Å². The van der Waals surface area contributed by atoms with E-state index >= 15 is 0 Å². The van der Waals surface area contributed by atoms with E-state index in [9.17, 15) is 13.5 Å². The maximum Gasteiger partial charge on any atom is 0.241 e. The van der Waals surface area contributed by atoms with Crippen molar-refractivity contribution in [1.29, 1.82) is 0 Å². The van der Waals surface area contributed by atoms with Crippen LogP contribution in [0.2, 0.25) is 0 Å². The number of aliphatic hydroxyl groups is 1. The minimum Gasteiger partial charge on any atom is -0.454 e. The Morgan fingerprint density at radius 1 is 1.00 bits per heavy atom. The molecule has 6 nitrogen and oxygen atoms in total. The summed E-state index contributed by atoms with van der Waals surface area (Å²) in [5.41, 5.74) is 0.656. The monoisotopic (exact) mass is 385 g/mol. The molecule has 140 valence electrons. The van der Waals surface area contributed by atoms with Crippen LogP contribution in [0, 0.1) is 0 Å². The Morgan fingerprint density at radius 3 is 2.67 bits per heavy atom. The largest absolute Gasteiger partial charge is 0.454 e. The Hall–Kier alpha value is -2.61. The van der Waals surface area contributed by atoms with Crippen LogP contribution < -0.4 is 14.2 Å². The average molecular weight is 385 g/mol. The zero-order chi connectivity index (χ0) is 18.9. The molecular formula is C20H19NO5S. The van der Waals surface area contributed by atoms with Gasteiger partial charge in [-0.15, -0.1) is 0 Å². The third kappa shape index (κ3) is 3.62. The van der Waals surface area contributed by atoms with E-state index < -0.39 is 16.1 Å². The number of hydrogen-bond acceptors (Lipinski definition) is 5. The third-order valence-electron chi connectivity index (χ3n) is 4.53. The molecule has 0 bridgehead atoms. The molecular weight excluding hydrogens is 366 g/mol. The van der Waals surface area contributed by atoms with Crippen LogP contribution in [0.25, 0.3) is 10.8 Å². The lowest BCUT2D eigenvalue weighted by atomic mass is 10.1. The van der Waals surface area contributed by atoms with Crippen LogP contribution in [0.3, 0.4) is 0 Å². The average Bonchev–Trinajstić information content (AvgIpc) is 3.15. The summed E-state index contributed by atoms with van der Waals surface area (Å²) in [4.78, 5) is 0.234. The Morgan fingerprint density at radius 2 is 1.78 bits per heavy atom. The molecule has 1 unspecified atom stereocenters. The highest BCUT2D eigenvalue weighted by atomic mass is 32.2. The van der Waals surface area contributed by atoms with E-state index in [-0.39, 0.29) is 24.7 Å². The van der Waals surface area contributed by atoms with Gasteiger partial charge < -0.3 is 14.6 Å². The van der Waals surface area contributed by atoms with Crippen molar-refractivity contribution in [3.05, 3.63) is 66.2 Å². The standard InChI is InChI=1S/C20H19NO5S/c22-17(15-8-9-18-19(12-15)26-13-25-18)10-11-21-27(23,24)20-7-3-5-14-4-1-2-6-16(14)20/h1-9,12,17,21-22H,10-11,13H2. The molecule has 1 atom stereocenters. The summed E-state index contributed by atoms with van der Waals surface area (Å²) in [6.07, 6.45) is -0.571. The van der Waals surface area contributed by atoms with Crippen molar-refractivity contribution in [3.8, 4) is 11.5 Å². The summed E-state index contributed by atoms with van der Waals surface area (Å²) in [5, 5.41) is 11.9. The Labute approximate surface area is 157 Å². The number of sulfonamides is 1. The van der Waals surface area contributed by atoms with Gasteiger partial charge in [0.15, 0.2) is 11.5 Å². The molecule has 0 spiro atoms. The molecule has 2 N–H and O–H groups in total. The number of fused-ring (bicyclic) bond motifs is 2. The Bertz CT molecular complexity index is 1080. The van der Waals surface area contributed by atoms with Gasteiger partial charge in [0.2, 0.25) is 16.8 Å². The molecule has 1 aliphatic rings. The summed E-state index contributed by atoms with van der Waals surface area (Å²) in [5.74, 6) is 1.23. The fourth-order valence-corrected chi connectivity index (χ4v) is 4.40. The molecule has 7 heteroatoms. The number of rotatable bonds is 6. The first-order chi connectivity index (χ1) is 13.0. The number of benzene rings is 3. The lowest BCUT2D eigenvalue weighted by Gasteiger charge is -2.13. The topological polar surface area (TPSA) is 84.9 Å². The second kappa shape index (κ2) is 7.19. The van der Waals surface area contributed by atoms with E-state index in [4.69, 9.17) is 9.47 Å². The van der Waals surface area contributed by atoms with Gasteiger partial charge in [-0.25, -0.2) is 13.1 Å². The summed E-state index contributed by atoms with van der Waals surface area (Å²) < 4.78 is 38.5. The summed E-state index contributed by atoms with van der Waals surface area (Å²) in [7, 11) is -3.68. The summed E-state index contributed by atoms with van der Waals surface area (Å²) >= 11 is 0. The predicted octanol–water partition coefficient (Wildman–Crippen LogP) is 2.97. The van der Waals surface area contributed by atoms with Crippen LogP contribution in [0.15, 0.2) is 65.6 Å². The van der Waals surface area contributed by atoms with Gasteiger partial charge in [-0.3, -0.25) is 0 Å². The second-order valence-electron chi connectivity index (χ2n) is 6.29. The van der Waals surface area contributed by atoms with Crippen molar-refractivity contribution in [3.63, 3.8) is 0 Å². The fourth-order valence-electron chi connectivity index (χ4n) is 3.12. The van der Waals surface area contributed by atoms with E-state index in [2.05, 4.69) is 4.72 Å². The van der Waals surface area contributed by atoms with Crippen molar-refractivity contribution in [2.24, 2.45) is 0 Å². The lowest BCUT2D eigenvalue weighted by Crippen LogP contribution is -2.26. The highest BCUT2D eigenvalue weighted by Gasteiger charge is 2.19. The minimum atomic E-state index is -3.68. The van der Waals surface area contributed by atoms with Gasteiger partial charge in [-0.05, 0) is 35.6 Å². The molecule has 1 heterocycles. The van der Waals surface area contributed by atoms with Crippen LogP contribution in [0.4, 0.5) is 0 Å². The Balaban J connectivity index is 1.45. The van der Waals surface area contributed by atoms with E-state index in [0.29, 0.717) is 22.4 Å². The molecule has 3 aromatic rings. The van der Waals surface area contributed by atoms with Crippen molar-refractivity contribution in [2.45, 2.75) is 17.4 Å². The van der Waals surface area contributed by atoms with Gasteiger partial charge >= 0.3 is 0 Å². The number of nitrogens with one attached hydrogen (secondary N) is 1. The molecule has 3 aromatic carbocycles. The predicted molar refractivity (Wildman–Crippen MR) is 101 cm³/mol. The normalized spacial score (nSPS) is 14.4. The summed E-state index contributed by atoms with van der Waals surface area (Å²) in [6, 6.07) is 17.7. The van der Waals surface area contributed by atoms with E-state index in [1.54, 1.807) is 36.4 Å². The van der Waals surface area contributed by atoms with E-state index in [1.807, 2.05) is 24.3 Å². The quantitative estimate of drug-likeness (QED) is 0.681. The number of hydrogen-bond donors (Lipinski definition) is 2. The van der Waals surface area contributed by atoms with E-state index in [0.717, 1.165) is 5.39 Å². The maximum absolute atomic E-state index is 12.7. The van der Waals surface area contributed by atoms with Gasteiger partial charge in [0, 0.05) is 11.9 Å². The zero-order valence-electron chi connectivity index (χ0n) is 14.5. The van der Waals surface area contributed by atoms with Gasteiger partial charge in [0.1, 0.15) is 0 Å². The molecule has 0 fully saturated rings. The van der Waals surface area contributed by atoms with Crippen LogP contribution in [-0.4, -0.2) is 26.9 Å². The highest BCUT2D eigenvalue weighted by Crippen LogP contribution is 2.34. The van der Waals surface area contributed by atoms with Gasteiger partial charge in [-0.1, -0.05) is 42.5 Å². The lowest BCUT2D eigenvalue weighted by molar-refractivity contribution is 0.166. The highest BCUT2D eigenvalue weighted by molar-refractivity contribution is 7.89. The molecule has 0 saturated heterocycles. The molecule has 0 saturated carbocycles. The van der Waals surface area contributed by atoms with Crippen molar-refractivity contribution in [2.75, 3.05) is 13.3 Å². The first-order valence-corrected chi connectivity index (χ1v) is 10.1. The van der Waals surface area contributed by atoms with Crippen LogP contribution >= 0.6 is 0 Å². The van der Waals surface area contributed by atoms with Crippen LogP contribution in [0.1, 0.15) is 18.1 Å². The molecule has 0 aliphatic carbocycles. The smallest absolute Gasteiger partial charge is 0.241 e. The van der Waals surface area contributed by atoms with Crippen molar-refractivity contribution < 1.29 is 23.0 Å². The first-order valence-electron chi connectivity index (χ1n) is 8.60. The number of ether oxygens (including phenoxy) is 2. The Kier molecular flexibility index (Phi) is 4.73. The molecule has 0 aromatic heterocycles. The third-order valence-corrected chi connectivity index (χ3v) is 6.05. The summed E-state index contributed by atoms with van der Waals surface area (Å²) in [6.45, 7) is 0.279. The molecule has 4 rings (SSSR count). The van der Waals surface area contributed by atoms with Crippen molar-refractivity contribution >= 4 is 20.8 Å². The van der Waals surface area contributed by atoms with Gasteiger partial charge in [0.25, 0.3) is 0 Å². The molecule has 0 amide bonds. The second-order valence-corrected chi connectivity index (χ2v) is 8.03. The molecule has 1 aliphatic heterocycles. The van der Waals surface area contributed by atoms with Crippen LogP contribution in [-0.2, 0) is 10.0 Å². The van der Waals surface area contributed by atoms with Crippen molar-refractivity contribution in [1.82, 2.24) is 4.72 Å². The number of aliphatic hydroxyl groups excluding tert-OH is 1. The molecule has 0 radical (unpaired) electrons. The SMILES string of the molecule is O=S(=O)(NCCC(O)c1ccc2c(c1)OCO2)c1cccc2ccccc12.